The van der Waals surface area contributed by atoms with Crippen molar-refractivity contribution in [2.24, 2.45) is 5.92 Å². The van der Waals surface area contributed by atoms with E-state index in [-0.39, 0.29) is 24.3 Å². The van der Waals surface area contributed by atoms with Crippen molar-refractivity contribution in [3.63, 3.8) is 0 Å². The first-order chi connectivity index (χ1) is 12.1. The highest BCUT2D eigenvalue weighted by Gasteiger charge is 2.30. The quantitative estimate of drug-likeness (QED) is 0.742. The Bertz CT molecular complexity index is 599. The average Bonchev–Trinajstić information content (AvgIpc) is 3.05. The number of likely N-dealkylation sites (tertiary alicyclic amines) is 1. The molecule has 3 heterocycles. The third-order valence-corrected chi connectivity index (χ3v) is 4.64. The van der Waals surface area contributed by atoms with Gasteiger partial charge in [-0.1, -0.05) is 0 Å². The van der Waals surface area contributed by atoms with Crippen LogP contribution in [0.2, 0.25) is 0 Å². The maximum atomic E-state index is 12.4. The number of rotatable bonds is 6. The Morgan fingerprint density at radius 3 is 2.80 bits per heavy atom. The predicted octanol–water partition coefficient (Wildman–Crippen LogP) is -0.435. The molecule has 2 fully saturated rings. The molecule has 0 spiro atoms. The minimum atomic E-state index is -0.189. The Hall–Kier alpha value is -2.00. The Morgan fingerprint density at radius 2 is 2.08 bits per heavy atom. The van der Waals surface area contributed by atoms with Gasteiger partial charge in [-0.05, 0) is 6.42 Å². The molecule has 0 saturated carbocycles. The number of morpholine rings is 1. The molecule has 2 aliphatic rings. The van der Waals surface area contributed by atoms with Gasteiger partial charge in [-0.25, -0.2) is 0 Å². The minimum absolute atomic E-state index is 0.0697. The van der Waals surface area contributed by atoms with Gasteiger partial charge in [0.05, 0.1) is 25.7 Å². The summed E-state index contributed by atoms with van der Waals surface area (Å²) in [5.41, 5.74) is 0. The number of ether oxygens (including phenoxy) is 1. The van der Waals surface area contributed by atoms with Gasteiger partial charge in [0, 0.05) is 46.1 Å². The third-order valence-electron chi connectivity index (χ3n) is 4.64. The normalized spacial score (nSPS) is 22.2. The molecular formula is C16H25N5O4. The summed E-state index contributed by atoms with van der Waals surface area (Å²) < 4.78 is 10.6. The second-order valence-electron chi connectivity index (χ2n) is 6.46. The summed E-state index contributed by atoms with van der Waals surface area (Å²) in [5.74, 6) is 0.736. The molecular weight excluding hydrogens is 326 g/mol. The molecule has 2 amide bonds. The smallest absolute Gasteiger partial charge is 0.235 e. The fourth-order valence-electron chi connectivity index (χ4n) is 3.15. The van der Waals surface area contributed by atoms with Gasteiger partial charge in [-0.2, -0.15) is 0 Å². The molecule has 1 N–H and O–H groups in total. The van der Waals surface area contributed by atoms with E-state index in [1.165, 1.54) is 0 Å². The number of hydrogen-bond acceptors (Lipinski definition) is 7. The fourth-order valence-corrected chi connectivity index (χ4v) is 3.15. The van der Waals surface area contributed by atoms with Gasteiger partial charge in [-0.3, -0.25) is 14.5 Å². The van der Waals surface area contributed by atoms with E-state index in [2.05, 4.69) is 20.4 Å². The Morgan fingerprint density at radius 1 is 1.28 bits per heavy atom. The number of carbonyl (C=O) groups excluding carboxylic acids is 2. The number of nitrogens with one attached hydrogen (secondary N) is 1. The van der Waals surface area contributed by atoms with Crippen LogP contribution in [-0.4, -0.2) is 77.7 Å². The minimum Gasteiger partial charge on any atom is -0.424 e. The SMILES string of the molecule is Cc1nnc(CNC(=O)C2CCC(=O)N(CCN3CCOCC3)C2)o1. The molecule has 2 saturated heterocycles. The maximum absolute atomic E-state index is 12.4. The fraction of sp³-hybridized carbons (Fsp3) is 0.750. The zero-order chi connectivity index (χ0) is 17.6. The second kappa shape index (κ2) is 8.39. The zero-order valence-electron chi connectivity index (χ0n) is 14.6. The lowest BCUT2D eigenvalue weighted by Crippen LogP contribution is -2.49. The molecule has 0 radical (unpaired) electrons. The van der Waals surface area contributed by atoms with Crippen LogP contribution in [0.1, 0.15) is 24.6 Å². The van der Waals surface area contributed by atoms with Crippen LogP contribution in [0.5, 0.6) is 0 Å². The number of carbonyl (C=O) groups is 2. The van der Waals surface area contributed by atoms with Crippen LogP contribution in [0.3, 0.4) is 0 Å². The first-order valence-electron chi connectivity index (χ1n) is 8.76. The molecule has 1 aromatic heterocycles. The number of hydrogen-bond donors (Lipinski definition) is 1. The van der Waals surface area contributed by atoms with Crippen LogP contribution in [-0.2, 0) is 20.9 Å². The van der Waals surface area contributed by atoms with Crippen molar-refractivity contribution in [1.29, 1.82) is 0 Å². The van der Waals surface area contributed by atoms with Crippen molar-refractivity contribution in [1.82, 2.24) is 25.3 Å². The van der Waals surface area contributed by atoms with Gasteiger partial charge in [0.15, 0.2) is 0 Å². The summed E-state index contributed by atoms with van der Waals surface area (Å²) in [4.78, 5) is 28.6. The Balaban J connectivity index is 1.45. The van der Waals surface area contributed by atoms with Crippen molar-refractivity contribution in [2.75, 3.05) is 45.9 Å². The van der Waals surface area contributed by atoms with Crippen LogP contribution < -0.4 is 5.32 Å². The van der Waals surface area contributed by atoms with E-state index >= 15 is 0 Å². The molecule has 1 aromatic rings. The maximum Gasteiger partial charge on any atom is 0.235 e. The van der Waals surface area contributed by atoms with E-state index in [9.17, 15) is 9.59 Å². The lowest BCUT2D eigenvalue weighted by atomic mass is 9.96. The summed E-state index contributed by atoms with van der Waals surface area (Å²) in [7, 11) is 0. The summed E-state index contributed by atoms with van der Waals surface area (Å²) >= 11 is 0. The van der Waals surface area contributed by atoms with E-state index in [1.54, 1.807) is 11.8 Å². The number of aryl methyl sites for hydroxylation is 1. The highest BCUT2D eigenvalue weighted by atomic mass is 16.5. The molecule has 0 aromatic carbocycles. The van der Waals surface area contributed by atoms with Gasteiger partial charge in [-0.15, -0.1) is 10.2 Å². The van der Waals surface area contributed by atoms with Crippen LogP contribution in [0.25, 0.3) is 0 Å². The average molecular weight is 351 g/mol. The monoisotopic (exact) mass is 351 g/mol. The predicted molar refractivity (Wildman–Crippen MR) is 87.4 cm³/mol. The summed E-state index contributed by atoms with van der Waals surface area (Å²) in [6.07, 6.45) is 1.00. The van der Waals surface area contributed by atoms with Gasteiger partial charge in [0.2, 0.25) is 23.6 Å². The van der Waals surface area contributed by atoms with Gasteiger partial charge < -0.3 is 19.4 Å². The molecule has 0 bridgehead atoms. The van der Waals surface area contributed by atoms with Gasteiger partial charge >= 0.3 is 0 Å². The zero-order valence-corrected chi connectivity index (χ0v) is 14.6. The van der Waals surface area contributed by atoms with Crippen molar-refractivity contribution in [3.05, 3.63) is 11.8 Å². The molecule has 138 valence electrons. The molecule has 9 heteroatoms. The third kappa shape index (κ3) is 4.99. The number of piperidine rings is 1. The topological polar surface area (TPSA) is 101 Å². The molecule has 0 aliphatic carbocycles. The molecule has 1 unspecified atom stereocenters. The second-order valence-corrected chi connectivity index (χ2v) is 6.46. The molecule has 25 heavy (non-hydrogen) atoms. The summed E-state index contributed by atoms with van der Waals surface area (Å²) in [6.45, 7) is 7.16. The Labute approximate surface area is 146 Å². The van der Waals surface area contributed by atoms with Crippen molar-refractivity contribution in [2.45, 2.75) is 26.3 Å². The lowest BCUT2D eigenvalue weighted by molar-refractivity contribution is -0.138. The van der Waals surface area contributed by atoms with E-state index in [4.69, 9.17) is 9.15 Å². The highest BCUT2D eigenvalue weighted by Crippen LogP contribution is 2.18. The van der Waals surface area contributed by atoms with Crippen molar-refractivity contribution < 1.29 is 18.7 Å². The van der Waals surface area contributed by atoms with Gasteiger partial charge in [0.25, 0.3) is 0 Å². The van der Waals surface area contributed by atoms with Crippen molar-refractivity contribution in [3.8, 4) is 0 Å². The molecule has 2 aliphatic heterocycles. The van der Waals surface area contributed by atoms with Crippen molar-refractivity contribution >= 4 is 11.8 Å². The van der Waals surface area contributed by atoms with Gasteiger partial charge in [0.1, 0.15) is 0 Å². The van der Waals surface area contributed by atoms with E-state index in [0.29, 0.717) is 37.7 Å². The number of nitrogens with zero attached hydrogens (tertiary/aromatic N) is 4. The Kier molecular flexibility index (Phi) is 5.98. The van der Waals surface area contributed by atoms with E-state index in [0.717, 1.165) is 32.8 Å². The largest absolute Gasteiger partial charge is 0.424 e. The summed E-state index contributed by atoms with van der Waals surface area (Å²) in [5, 5.41) is 10.4. The molecule has 9 nitrogen and oxygen atoms in total. The number of amides is 2. The highest BCUT2D eigenvalue weighted by molar-refractivity contribution is 5.83. The van der Waals surface area contributed by atoms with Crippen LogP contribution in [0, 0.1) is 12.8 Å². The van der Waals surface area contributed by atoms with E-state index in [1.807, 2.05) is 0 Å². The van der Waals surface area contributed by atoms with Crippen LogP contribution in [0.15, 0.2) is 4.42 Å². The lowest BCUT2D eigenvalue weighted by Gasteiger charge is -2.34. The first-order valence-corrected chi connectivity index (χ1v) is 8.76. The first kappa shape index (κ1) is 17.8. The number of aromatic nitrogens is 2. The van der Waals surface area contributed by atoms with Crippen LogP contribution >= 0.6 is 0 Å². The summed E-state index contributed by atoms with van der Waals surface area (Å²) in [6, 6.07) is 0. The van der Waals surface area contributed by atoms with Crippen LogP contribution in [0.4, 0.5) is 0 Å². The van der Waals surface area contributed by atoms with E-state index < -0.39 is 0 Å². The molecule has 3 rings (SSSR count). The molecule has 1 atom stereocenters. The standard InChI is InChI=1S/C16H25N5O4/c1-12-18-19-14(25-12)10-17-16(23)13-2-3-15(22)21(11-13)5-4-20-6-8-24-9-7-20/h13H,2-11H2,1H3,(H,17,23).